The Balaban J connectivity index is 2.31. The summed E-state index contributed by atoms with van der Waals surface area (Å²) >= 11 is 0. The van der Waals surface area contributed by atoms with E-state index in [1.807, 2.05) is 0 Å². The smallest absolute Gasteiger partial charge is 0.104 e. The van der Waals surface area contributed by atoms with Crippen LogP contribution in [0.15, 0.2) is 16.5 Å². The molecule has 12 heavy (non-hydrogen) atoms. The highest BCUT2D eigenvalue weighted by Gasteiger charge is 1.98. The number of unbranched alkanes of at least 4 members (excludes halogenated alkanes) is 2. The number of hydrogen-bond acceptors (Lipinski definition) is 1. The number of furan rings is 1. The Labute approximate surface area is 74.8 Å². The van der Waals surface area contributed by atoms with Crippen LogP contribution in [0.3, 0.4) is 0 Å². The fourth-order valence-electron chi connectivity index (χ4n) is 1.30. The summed E-state index contributed by atoms with van der Waals surface area (Å²) < 4.78 is 5.58. The molecule has 0 radical (unpaired) electrons. The van der Waals surface area contributed by atoms with Gasteiger partial charge in [-0.1, -0.05) is 26.7 Å². The third-order valence-corrected chi connectivity index (χ3v) is 2.09. The van der Waals surface area contributed by atoms with Crippen molar-refractivity contribution in [1.29, 1.82) is 0 Å². The first-order valence-corrected chi connectivity index (χ1v) is 4.94. The molecule has 1 aromatic rings. The highest BCUT2D eigenvalue weighted by molar-refractivity contribution is 5.06. The molecule has 0 atom stereocenters. The van der Waals surface area contributed by atoms with Gasteiger partial charge >= 0.3 is 0 Å². The van der Waals surface area contributed by atoms with Crippen molar-refractivity contribution in [2.24, 2.45) is 0 Å². The molecule has 1 nitrogen and oxygen atoms in total. The fraction of sp³-hybridized carbons (Fsp3) is 0.636. The lowest BCUT2D eigenvalue weighted by Crippen LogP contribution is -1.81. The maximum absolute atomic E-state index is 5.58. The molecule has 0 amide bonds. The zero-order valence-corrected chi connectivity index (χ0v) is 8.10. The molecule has 0 aromatic carbocycles. The van der Waals surface area contributed by atoms with E-state index in [1.165, 1.54) is 19.3 Å². The molecule has 0 unspecified atom stereocenters. The molecule has 0 saturated carbocycles. The molecule has 1 rings (SSSR count). The SMILES string of the molecule is CCCCCc1ccc(CC)o1. The zero-order chi connectivity index (χ0) is 8.81. The highest BCUT2D eigenvalue weighted by Crippen LogP contribution is 2.11. The van der Waals surface area contributed by atoms with Gasteiger partial charge in [-0.05, 0) is 18.6 Å². The molecule has 1 heteroatoms. The largest absolute Gasteiger partial charge is 0.466 e. The standard InChI is InChI=1S/C11H18O/c1-3-5-6-7-11-9-8-10(4-2)12-11/h8-9H,3-7H2,1-2H3. The van der Waals surface area contributed by atoms with Gasteiger partial charge in [0.1, 0.15) is 11.5 Å². The Morgan fingerprint density at radius 2 is 1.83 bits per heavy atom. The summed E-state index contributed by atoms with van der Waals surface area (Å²) in [6.45, 7) is 4.34. The summed E-state index contributed by atoms with van der Waals surface area (Å²) in [7, 11) is 0. The third kappa shape index (κ3) is 2.72. The van der Waals surface area contributed by atoms with Gasteiger partial charge in [-0.15, -0.1) is 0 Å². The van der Waals surface area contributed by atoms with Gasteiger partial charge in [0, 0.05) is 12.8 Å². The van der Waals surface area contributed by atoms with Crippen molar-refractivity contribution in [3.05, 3.63) is 23.7 Å². The third-order valence-electron chi connectivity index (χ3n) is 2.09. The van der Waals surface area contributed by atoms with Crippen molar-refractivity contribution in [3.63, 3.8) is 0 Å². The molecule has 0 aliphatic carbocycles. The lowest BCUT2D eigenvalue weighted by atomic mass is 10.2. The van der Waals surface area contributed by atoms with Crippen molar-refractivity contribution in [3.8, 4) is 0 Å². The molecule has 68 valence electrons. The Morgan fingerprint density at radius 3 is 2.42 bits per heavy atom. The Hall–Kier alpha value is -0.720. The molecule has 0 N–H and O–H groups in total. The van der Waals surface area contributed by atoms with Crippen LogP contribution in [0.25, 0.3) is 0 Å². The number of aryl methyl sites for hydroxylation is 2. The van der Waals surface area contributed by atoms with Gasteiger partial charge in [0.15, 0.2) is 0 Å². The molecule has 0 saturated heterocycles. The lowest BCUT2D eigenvalue weighted by Gasteiger charge is -1.94. The van der Waals surface area contributed by atoms with E-state index in [2.05, 4.69) is 26.0 Å². The van der Waals surface area contributed by atoms with Crippen molar-refractivity contribution in [2.75, 3.05) is 0 Å². The van der Waals surface area contributed by atoms with Gasteiger partial charge in [-0.2, -0.15) is 0 Å². The molecular formula is C11H18O. The van der Waals surface area contributed by atoms with Gasteiger partial charge in [0.05, 0.1) is 0 Å². The second-order valence-corrected chi connectivity index (χ2v) is 3.18. The molecule has 1 heterocycles. The first-order chi connectivity index (χ1) is 5.86. The van der Waals surface area contributed by atoms with Gasteiger partial charge in [0.25, 0.3) is 0 Å². The van der Waals surface area contributed by atoms with Crippen LogP contribution in [0, 0.1) is 0 Å². The average molecular weight is 166 g/mol. The van der Waals surface area contributed by atoms with Crippen LogP contribution in [0.2, 0.25) is 0 Å². The van der Waals surface area contributed by atoms with E-state index in [-0.39, 0.29) is 0 Å². The average Bonchev–Trinajstić information content (AvgIpc) is 2.53. The maximum atomic E-state index is 5.58. The summed E-state index contributed by atoms with van der Waals surface area (Å²) in [5.74, 6) is 2.27. The summed E-state index contributed by atoms with van der Waals surface area (Å²) in [5.41, 5.74) is 0. The molecular weight excluding hydrogens is 148 g/mol. The minimum absolute atomic E-state index is 1.01. The van der Waals surface area contributed by atoms with E-state index in [0.717, 1.165) is 24.4 Å². The molecule has 0 aliphatic heterocycles. The Kier molecular flexibility index (Phi) is 3.92. The number of hydrogen-bond donors (Lipinski definition) is 0. The highest BCUT2D eigenvalue weighted by atomic mass is 16.3. The summed E-state index contributed by atoms with van der Waals surface area (Å²) in [6, 6.07) is 4.19. The quantitative estimate of drug-likeness (QED) is 0.609. The van der Waals surface area contributed by atoms with Gasteiger partial charge < -0.3 is 4.42 Å². The second-order valence-electron chi connectivity index (χ2n) is 3.18. The molecule has 0 aliphatic rings. The maximum Gasteiger partial charge on any atom is 0.104 e. The van der Waals surface area contributed by atoms with E-state index in [4.69, 9.17) is 4.42 Å². The van der Waals surface area contributed by atoms with Crippen molar-refractivity contribution < 1.29 is 4.42 Å². The van der Waals surface area contributed by atoms with Crippen LogP contribution in [-0.4, -0.2) is 0 Å². The molecule has 1 aromatic heterocycles. The van der Waals surface area contributed by atoms with Gasteiger partial charge in [-0.25, -0.2) is 0 Å². The van der Waals surface area contributed by atoms with E-state index in [9.17, 15) is 0 Å². The summed E-state index contributed by atoms with van der Waals surface area (Å²) in [5, 5.41) is 0. The van der Waals surface area contributed by atoms with Crippen LogP contribution >= 0.6 is 0 Å². The predicted molar refractivity (Wildman–Crippen MR) is 51.3 cm³/mol. The van der Waals surface area contributed by atoms with Crippen molar-refractivity contribution in [1.82, 2.24) is 0 Å². The van der Waals surface area contributed by atoms with E-state index in [0.29, 0.717) is 0 Å². The molecule has 0 spiro atoms. The van der Waals surface area contributed by atoms with Gasteiger partial charge in [-0.3, -0.25) is 0 Å². The summed E-state index contributed by atoms with van der Waals surface area (Å²) in [4.78, 5) is 0. The van der Waals surface area contributed by atoms with Crippen molar-refractivity contribution >= 4 is 0 Å². The Morgan fingerprint density at radius 1 is 1.08 bits per heavy atom. The molecule has 0 fully saturated rings. The lowest BCUT2D eigenvalue weighted by molar-refractivity contribution is 0.461. The van der Waals surface area contributed by atoms with E-state index >= 15 is 0 Å². The first-order valence-electron chi connectivity index (χ1n) is 4.94. The van der Waals surface area contributed by atoms with E-state index < -0.39 is 0 Å². The van der Waals surface area contributed by atoms with E-state index in [1.54, 1.807) is 0 Å². The number of rotatable bonds is 5. The predicted octanol–water partition coefficient (Wildman–Crippen LogP) is 3.57. The zero-order valence-electron chi connectivity index (χ0n) is 8.10. The van der Waals surface area contributed by atoms with Crippen LogP contribution in [0.5, 0.6) is 0 Å². The minimum atomic E-state index is 1.01. The van der Waals surface area contributed by atoms with Crippen molar-refractivity contribution in [2.45, 2.75) is 46.0 Å². The fourth-order valence-corrected chi connectivity index (χ4v) is 1.30. The molecule has 0 bridgehead atoms. The van der Waals surface area contributed by atoms with Gasteiger partial charge in [0.2, 0.25) is 0 Å². The second kappa shape index (κ2) is 5.02. The first kappa shape index (κ1) is 9.37. The van der Waals surface area contributed by atoms with Crippen LogP contribution in [-0.2, 0) is 12.8 Å². The van der Waals surface area contributed by atoms with Crippen LogP contribution < -0.4 is 0 Å². The van der Waals surface area contributed by atoms with Crippen LogP contribution in [0.1, 0.15) is 44.6 Å². The Bertz CT molecular complexity index is 213. The topological polar surface area (TPSA) is 13.1 Å². The summed E-state index contributed by atoms with van der Waals surface area (Å²) in [6.07, 6.45) is 5.96. The van der Waals surface area contributed by atoms with Crippen LogP contribution in [0.4, 0.5) is 0 Å². The normalized spacial score (nSPS) is 10.5. The monoisotopic (exact) mass is 166 g/mol. The minimum Gasteiger partial charge on any atom is -0.466 e.